The molecule has 1 N–H and O–H groups in total. The summed E-state index contributed by atoms with van der Waals surface area (Å²) >= 11 is 6.29. The van der Waals surface area contributed by atoms with Crippen molar-refractivity contribution in [1.29, 1.82) is 0 Å². The summed E-state index contributed by atoms with van der Waals surface area (Å²) in [5.41, 5.74) is -0.430. The Hall–Kier alpha value is 0.166. The molecule has 1 aromatic rings. The van der Waals surface area contributed by atoms with Crippen LogP contribution in [0.15, 0.2) is 0 Å². The fraction of sp³-hybridized carbons (Fsp3) is 0. The Labute approximate surface area is 135 Å². The van der Waals surface area contributed by atoms with Gasteiger partial charge in [0.25, 0.3) is 0 Å². The Kier molecular flexibility index (Phi) is 6.76. The van der Waals surface area contributed by atoms with E-state index in [1.807, 2.05) is 0 Å². The maximum atomic E-state index is 10.9. The largest absolute Gasteiger partial charge is 1.00 e. The van der Waals surface area contributed by atoms with Gasteiger partial charge in [-0.1, -0.05) is 22.9 Å². The number of carboxylic acids is 1. The maximum absolute atomic E-state index is 10.9. The van der Waals surface area contributed by atoms with E-state index in [4.69, 9.17) is 11.6 Å². The van der Waals surface area contributed by atoms with E-state index in [9.17, 15) is 19.5 Å². The second kappa shape index (κ2) is 6.69. The number of nitrogens with one attached hydrogen (secondary N) is 1. The molecule has 0 fully saturated rings. The molecular formula is C6H2ClKN2O4S. The molecular weight excluding hydrogens is 271 g/mol. The number of rotatable bonds is 4. The average Bonchev–Trinajstić information content (AvgIpc) is 2.46. The molecule has 0 saturated carbocycles. The number of ketones is 1. The van der Waals surface area contributed by atoms with Gasteiger partial charge in [-0.3, -0.25) is 9.59 Å². The second-order valence-electron chi connectivity index (χ2n) is 2.02. The van der Waals surface area contributed by atoms with Gasteiger partial charge in [0, 0.05) is 0 Å². The normalized spacial score (nSPS) is 8.87. The van der Waals surface area contributed by atoms with Crippen LogP contribution in [0.1, 0.15) is 10.5 Å². The molecule has 0 bridgehead atoms. The zero-order valence-electron chi connectivity index (χ0n) is 7.44. The third kappa shape index (κ3) is 3.91. The maximum Gasteiger partial charge on any atom is 1.00 e. The number of carbonyl (C=O) groups is 3. The molecule has 0 spiro atoms. The van der Waals surface area contributed by atoms with E-state index in [1.165, 1.54) is 0 Å². The summed E-state index contributed by atoms with van der Waals surface area (Å²) in [4.78, 5) is 34.5. The zero-order valence-corrected chi connectivity index (χ0v) is 12.1. The van der Waals surface area contributed by atoms with Gasteiger partial charge in [0.05, 0.1) is 0 Å². The van der Waals surface area contributed by atoms with E-state index in [0.29, 0.717) is 6.41 Å². The van der Waals surface area contributed by atoms with Crippen molar-refractivity contribution in [3.8, 4) is 0 Å². The topological polar surface area (TPSA) is 99.2 Å². The van der Waals surface area contributed by atoms with E-state index in [0.717, 1.165) is 11.3 Å². The summed E-state index contributed by atoms with van der Waals surface area (Å²) in [7, 11) is 0. The number of anilines is 1. The Morgan fingerprint density at radius 2 is 2.13 bits per heavy atom. The number of thiazole rings is 1. The number of carbonyl (C=O) groups excluding carboxylic acids is 3. The van der Waals surface area contributed by atoms with Crippen LogP contribution in [0.4, 0.5) is 5.13 Å². The molecule has 0 saturated heterocycles. The van der Waals surface area contributed by atoms with E-state index >= 15 is 0 Å². The molecule has 15 heavy (non-hydrogen) atoms. The van der Waals surface area contributed by atoms with Gasteiger partial charge in [-0.05, 0) is 0 Å². The molecule has 9 heteroatoms. The van der Waals surface area contributed by atoms with Gasteiger partial charge in [-0.25, -0.2) is 4.98 Å². The Balaban J connectivity index is 0.00000196. The molecule has 1 amide bonds. The molecule has 6 nitrogen and oxygen atoms in total. The van der Waals surface area contributed by atoms with Crippen molar-refractivity contribution in [2.24, 2.45) is 0 Å². The van der Waals surface area contributed by atoms with Gasteiger partial charge in [-0.15, -0.1) is 0 Å². The molecule has 74 valence electrons. The van der Waals surface area contributed by atoms with Gasteiger partial charge in [0.2, 0.25) is 12.2 Å². The standard InChI is InChI=1S/C6H3ClN2O4S.K/c7-4-2(3(11)5(12)13)9-6(14-4)8-1-10;/h1H,(H,12,13)(H,8,9,10);/q;+1/p-1. The molecule has 1 aromatic heterocycles. The predicted octanol–water partition coefficient (Wildman–Crippen LogP) is -3.70. The first-order chi connectivity index (χ1) is 6.56. The minimum absolute atomic E-state index is 0. The van der Waals surface area contributed by atoms with Crippen LogP contribution in [-0.4, -0.2) is 23.1 Å². The molecule has 1 rings (SSSR count). The van der Waals surface area contributed by atoms with Crippen LogP contribution < -0.4 is 61.8 Å². The van der Waals surface area contributed by atoms with Gasteiger partial charge < -0.3 is 15.2 Å². The summed E-state index contributed by atoms with van der Waals surface area (Å²) in [6.07, 6.45) is 0.336. The van der Waals surface area contributed by atoms with Crippen LogP contribution in [-0.2, 0) is 9.59 Å². The molecule has 0 aliphatic carbocycles. The van der Waals surface area contributed by atoms with Crippen LogP contribution in [0.3, 0.4) is 0 Å². The van der Waals surface area contributed by atoms with Gasteiger partial charge in [-0.2, -0.15) is 0 Å². The Morgan fingerprint density at radius 1 is 1.53 bits per heavy atom. The third-order valence-corrected chi connectivity index (χ3v) is 2.35. The van der Waals surface area contributed by atoms with E-state index < -0.39 is 17.4 Å². The minimum Gasteiger partial charge on any atom is -0.541 e. The van der Waals surface area contributed by atoms with Crippen molar-refractivity contribution in [3.05, 3.63) is 10.0 Å². The van der Waals surface area contributed by atoms with Gasteiger partial charge in [0.1, 0.15) is 16.0 Å². The third-order valence-electron chi connectivity index (χ3n) is 1.17. The summed E-state index contributed by atoms with van der Waals surface area (Å²) in [5.74, 6) is -3.21. The molecule has 1 heterocycles. The SMILES string of the molecule is O=CNc1nc(C(=O)C(=O)[O-])c(Cl)s1.[K+]. The van der Waals surface area contributed by atoms with Gasteiger partial charge in [0.15, 0.2) is 5.13 Å². The number of aliphatic carboxylic acids is 1. The fourth-order valence-corrected chi connectivity index (χ4v) is 1.65. The second-order valence-corrected chi connectivity index (χ2v) is 3.62. The van der Waals surface area contributed by atoms with Crippen molar-refractivity contribution >= 4 is 46.2 Å². The Bertz CT molecular complexity index is 408. The van der Waals surface area contributed by atoms with E-state index in [1.54, 1.807) is 0 Å². The molecule has 0 aliphatic heterocycles. The van der Waals surface area contributed by atoms with Crippen LogP contribution >= 0.6 is 22.9 Å². The number of nitrogens with zero attached hydrogens (tertiary/aromatic N) is 1. The zero-order chi connectivity index (χ0) is 10.7. The van der Waals surface area contributed by atoms with Crippen molar-refractivity contribution in [3.63, 3.8) is 0 Å². The average molecular weight is 273 g/mol. The van der Waals surface area contributed by atoms with Crippen molar-refractivity contribution < 1.29 is 70.9 Å². The van der Waals surface area contributed by atoms with E-state index in [-0.39, 0.29) is 60.9 Å². The molecule has 0 aromatic carbocycles. The summed E-state index contributed by atoms with van der Waals surface area (Å²) < 4.78 is -0.108. The fourth-order valence-electron chi connectivity index (χ4n) is 0.650. The molecule has 0 aliphatic rings. The number of carboxylic acid groups (broad SMARTS) is 1. The summed E-state index contributed by atoms with van der Waals surface area (Å²) in [6.45, 7) is 0. The van der Waals surface area contributed by atoms with Crippen LogP contribution in [0, 0.1) is 0 Å². The first-order valence-corrected chi connectivity index (χ1v) is 4.38. The number of hydrogen-bond donors (Lipinski definition) is 1. The van der Waals surface area contributed by atoms with E-state index in [2.05, 4.69) is 10.3 Å². The number of halogens is 1. The van der Waals surface area contributed by atoms with Crippen molar-refractivity contribution in [1.82, 2.24) is 4.98 Å². The monoisotopic (exact) mass is 272 g/mol. The number of amides is 1. The predicted molar refractivity (Wildman–Crippen MR) is 46.1 cm³/mol. The summed E-state index contributed by atoms with van der Waals surface area (Å²) in [6, 6.07) is 0. The number of aromatic nitrogens is 1. The van der Waals surface area contributed by atoms with Gasteiger partial charge >= 0.3 is 51.4 Å². The Morgan fingerprint density at radius 3 is 2.60 bits per heavy atom. The first kappa shape index (κ1) is 15.2. The number of hydrogen-bond acceptors (Lipinski definition) is 6. The number of Topliss-reactive ketones (excluding diaryl/α,β-unsaturated/α-hetero) is 1. The van der Waals surface area contributed by atoms with Crippen LogP contribution in [0.5, 0.6) is 0 Å². The van der Waals surface area contributed by atoms with Crippen LogP contribution in [0.2, 0.25) is 4.34 Å². The smallest absolute Gasteiger partial charge is 0.541 e. The molecule has 0 radical (unpaired) electrons. The molecule has 0 atom stereocenters. The van der Waals surface area contributed by atoms with Crippen LogP contribution in [0.25, 0.3) is 0 Å². The molecule has 0 unspecified atom stereocenters. The van der Waals surface area contributed by atoms with Crippen molar-refractivity contribution in [2.45, 2.75) is 0 Å². The quantitative estimate of drug-likeness (QED) is 0.263. The summed E-state index contributed by atoms with van der Waals surface area (Å²) in [5, 5.41) is 12.4. The van der Waals surface area contributed by atoms with Crippen molar-refractivity contribution in [2.75, 3.05) is 5.32 Å². The first-order valence-electron chi connectivity index (χ1n) is 3.18. The minimum atomic E-state index is -1.89.